The van der Waals surface area contributed by atoms with Crippen LogP contribution < -0.4 is 16.6 Å². The predicted molar refractivity (Wildman–Crippen MR) is 89.4 cm³/mol. The van der Waals surface area contributed by atoms with Crippen LogP contribution in [-0.2, 0) is 20.9 Å². The summed E-state index contributed by atoms with van der Waals surface area (Å²) >= 11 is 0. The summed E-state index contributed by atoms with van der Waals surface area (Å²) in [5.41, 5.74) is -1.03. The summed E-state index contributed by atoms with van der Waals surface area (Å²) in [4.78, 5) is 50.0. The normalized spacial score (nSPS) is 11.8. The second-order valence-corrected chi connectivity index (χ2v) is 5.15. The molecule has 0 fully saturated rings. The number of benzene rings is 1. The van der Waals surface area contributed by atoms with Crippen LogP contribution >= 0.6 is 0 Å². The lowest BCUT2D eigenvalue weighted by Gasteiger charge is -2.14. The van der Waals surface area contributed by atoms with E-state index in [0.717, 1.165) is 0 Å². The molecular formula is C16H17N3O6. The van der Waals surface area contributed by atoms with E-state index >= 15 is 0 Å². The third kappa shape index (κ3) is 4.42. The number of amides is 1. The number of nitrogens with zero attached hydrogens (tertiary/aromatic N) is 1. The number of H-pyrrole nitrogens is 1. The van der Waals surface area contributed by atoms with Crippen LogP contribution in [0.5, 0.6) is 0 Å². The van der Waals surface area contributed by atoms with Crippen molar-refractivity contribution in [2.75, 3.05) is 13.2 Å². The van der Waals surface area contributed by atoms with E-state index in [1.807, 2.05) is 0 Å². The number of carboxylic acids is 1. The summed E-state index contributed by atoms with van der Waals surface area (Å²) < 4.78 is 5.72. The number of hydrogen-bond acceptors (Lipinski definition) is 5. The van der Waals surface area contributed by atoms with E-state index in [2.05, 4.69) is 16.9 Å². The number of fused-ring (bicyclic) bond motifs is 1. The number of nitrogens with one attached hydrogen (secondary N) is 2. The highest BCUT2D eigenvalue weighted by molar-refractivity contribution is 5.84. The minimum absolute atomic E-state index is 0.128. The zero-order chi connectivity index (χ0) is 18.4. The SMILES string of the molecule is C=CCOCC(NC(=O)Cn1c(=O)[nH]c2ccccc2c1=O)C(=O)O. The molecule has 1 heterocycles. The number of carbonyl (C=O) groups is 2. The van der Waals surface area contributed by atoms with Crippen LogP contribution in [0.15, 0.2) is 46.5 Å². The summed E-state index contributed by atoms with van der Waals surface area (Å²) in [6.45, 7) is 2.68. The molecule has 1 unspecified atom stereocenters. The molecule has 9 nitrogen and oxygen atoms in total. The molecule has 0 spiro atoms. The van der Waals surface area contributed by atoms with Gasteiger partial charge in [0.2, 0.25) is 5.91 Å². The maximum atomic E-state index is 12.3. The third-order valence-corrected chi connectivity index (χ3v) is 3.34. The van der Waals surface area contributed by atoms with E-state index in [0.29, 0.717) is 10.1 Å². The summed E-state index contributed by atoms with van der Waals surface area (Å²) in [6, 6.07) is 5.08. The topological polar surface area (TPSA) is 130 Å². The first kappa shape index (κ1) is 18.1. The quantitative estimate of drug-likeness (QED) is 0.434. The number of aromatic nitrogens is 2. The Labute approximate surface area is 141 Å². The fraction of sp³-hybridized carbons (Fsp3) is 0.250. The first-order valence-corrected chi connectivity index (χ1v) is 7.36. The minimum atomic E-state index is -1.30. The van der Waals surface area contributed by atoms with E-state index < -0.39 is 35.7 Å². The third-order valence-electron chi connectivity index (χ3n) is 3.34. The lowest BCUT2D eigenvalue weighted by Crippen LogP contribution is -2.47. The van der Waals surface area contributed by atoms with Crippen LogP contribution in [0.25, 0.3) is 10.9 Å². The average Bonchev–Trinajstić information content (AvgIpc) is 2.57. The zero-order valence-corrected chi connectivity index (χ0v) is 13.2. The van der Waals surface area contributed by atoms with Gasteiger partial charge in [-0.2, -0.15) is 0 Å². The van der Waals surface area contributed by atoms with E-state index in [-0.39, 0.29) is 18.6 Å². The lowest BCUT2D eigenvalue weighted by atomic mass is 10.2. The van der Waals surface area contributed by atoms with Gasteiger partial charge in [0, 0.05) is 0 Å². The minimum Gasteiger partial charge on any atom is -0.480 e. The largest absolute Gasteiger partial charge is 0.480 e. The maximum Gasteiger partial charge on any atom is 0.329 e. The molecule has 2 rings (SSSR count). The molecular weight excluding hydrogens is 330 g/mol. The van der Waals surface area contributed by atoms with Crippen LogP contribution in [0.2, 0.25) is 0 Å². The average molecular weight is 347 g/mol. The van der Waals surface area contributed by atoms with Crippen molar-refractivity contribution >= 4 is 22.8 Å². The molecule has 3 N–H and O–H groups in total. The van der Waals surface area contributed by atoms with Crippen molar-refractivity contribution in [3.8, 4) is 0 Å². The Morgan fingerprint density at radius 3 is 2.76 bits per heavy atom. The Bertz CT molecular complexity index is 914. The molecule has 0 saturated carbocycles. The van der Waals surface area contributed by atoms with Gasteiger partial charge in [0.05, 0.1) is 24.1 Å². The van der Waals surface area contributed by atoms with E-state index in [9.17, 15) is 19.2 Å². The van der Waals surface area contributed by atoms with Gasteiger partial charge in [-0.1, -0.05) is 18.2 Å². The van der Waals surface area contributed by atoms with Crippen molar-refractivity contribution in [3.05, 3.63) is 57.8 Å². The fourth-order valence-electron chi connectivity index (χ4n) is 2.17. The number of aliphatic carboxylic acids is 1. The zero-order valence-electron chi connectivity index (χ0n) is 13.2. The number of ether oxygens (including phenoxy) is 1. The highest BCUT2D eigenvalue weighted by Gasteiger charge is 2.21. The Morgan fingerprint density at radius 2 is 2.08 bits per heavy atom. The van der Waals surface area contributed by atoms with Crippen LogP contribution in [0.4, 0.5) is 0 Å². The molecule has 25 heavy (non-hydrogen) atoms. The maximum absolute atomic E-state index is 12.3. The Hall–Kier alpha value is -3.20. The van der Waals surface area contributed by atoms with E-state index in [1.54, 1.807) is 18.2 Å². The van der Waals surface area contributed by atoms with Crippen molar-refractivity contribution in [2.24, 2.45) is 0 Å². The number of carbonyl (C=O) groups excluding carboxylic acids is 1. The molecule has 0 aliphatic rings. The molecule has 0 aliphatic carbocycles. The number of hydrogen-bond donors (Lipinski definition) is 3. The number of rotatable bonds is 8. The van der Waals surface area contributed by atoms with Crippen molar-refractivity contribution in [2.45, 2.75) is 12.6 Å². The Kier molecular flexibility index (Phi) is 5.85. The molecule has 1 aromatic carbocycles. The van der Waals surface area contributed by atoms with Crippen LogP contribution in [0.3, 0.4) is 0 Å². The van der Waals surface area contributed by atoms with Crippen molar-refractivity contribution in [1.29, 1.82) is 0 Å². The van der Waals surface area contributed by atoms with E-state index in [1.165, 1.54) is 12.1 Å². The van der Waals surface area contributed by atoms with Gasteiger partial charge in [-0.3, -0.25) is 14.2 Å². The Morgan fingerprint density at radius 1 is 1.36 bits per heavy atom. The molecule has 0 radical (unpaired) electrons. The number of para-hydroxylation sites is 1. The van der Waals surface area contributed by atoms with Gasteiger partial charge in [0.1, 0.15) is 6.54 Å². The first-order valence-electron chi connectivity index (χ1n) is 7.36. The van der Waals surface area contributed by atoms with E-state index in [4.69, 9.17) is 9.84 Å². The van der Waals surface area contributed by atoms with Crippen molar-refractivity contribution < 1.29 is 19.4 Å². The number of aromatic amines is 1. The predicted octanol–water partition coefficient (Wildman–Crippen LogP) is -0.538. The van der Waals surface area contributed by atoms with Crippen molar-refractivity contribution in [1.82, 2.24) is 14.9 Å². The molecule has 132 valence electrons. The second-order valence-electron chi connectivity index (χ2n) is 5.15. The highest BCUT2D eigenvalue weighted by Crippen LogP contribution is 2.02. The van der Waals surface area contributed by atoms with Gasteiger partial charge in [-0.05, 0) is 12.1 Å². The molecule has 9 heteroatoms. The fourth-order valence-corrected chi connectivity index (χ4v) is 2.17. The smallest absolute Gasteiger partial charge is 0.329 e. The summed E-state index contributed by atoms with van der Waals surface area (Å²) in [5, 5.41) is 11.5. The summed E-state index contributed by atoms with van der Waals surface area (Å²) in [5.74, 6) is -2.09. The molecule has 0 bridgehead atoms. The molecule has 1 aromatic heterocycles. The molecule has 1 atom stereocenters. The lowest BCUT2D eigenvalue weighted by molar-refractivity contribution is -0.143. The van der Waals surface area contributed by atoms with Gasteiger partial charge < -0.3 is 20.1 Å². The Balaban J connectivity index is 2.18. The molecule has 0 aliphatic heterocycles. The monoisotopic (exact) mass is 347 g/mol. The van der Waals surface area contributed by atoms with Gasteiger partial charge in [0.25, 0.3) is 5.56 Å². The molecule has 1 amide bonds. The summed E-state index contributed by atoms with van der Waals surface area (Å²) in [6.07, 6.45) is 1.44. The van der Waals surface area contributed by atoms with Crippen LogP contribution in [0.1, 0.15) is 0 Å². The van der Waals surface area contributed by atoms with Crippen LogP contribution in [0, 0.1) is 0 Å². The van der Waals surface area contributed by atoms with Gasteiger partial charge in [-0.15, -0.1) is 6.58 Å². The summed E-state index contributed by atoms with van der Waals surface area (Å²) in [7, 11) is 0. The first-order chi connectivity index (χ1) is 11.9. The standard InChI is InChI=1S/C16H17N3O6/c1-2-7-25-9-12(15(22)23)17-13(20)8-19-14(21)10-5-3-4-6-11(10)18-16(19)24/h2-6,12H,1,7-9H2,(H,17,20)(H,18,24)(H,22,23). The highest BCUT2D eigenvalue weighted by atomic mass is 16.5. The van der Waals surface area contributed by atoms with Crippen molar-refractivity contribution in [3.63, 3.8) is 0 Å². The molecule has 2 aromatic rings. The second kappa shape index (κ2) is 8.06. The van der Waals surface area contributed by atoms with Gasteiger partial charge >= 0.3 is 11.7 Å². The molecule has 0 saturated heterocycles. The number of carboxylic acid groups (broad SMARTS) is 1. The van der Waals surface area contributed by atoms with Crippen LogP contribution in [-0.4, -0.2) is 45.8 Å². The van der Waals surface area contributed by atoms with Gasteiger partial charge in [-0.25, -0.2) is 9.59 Å². The van der Waals surface area contributed by atoms with Gasteiger partial charge in [0.15, 0.2) is 6.04 Å².